The molecule has 0 heterocycles. The van der Waals surface area contributed by atoms with Crippen LogP contribution in [0.2, 0.25) is 0 Å². The van der Waals surface area contributed by atoms with Crippen molar-refractivity contribution in [3.8, 4) is 0 Å². The summed E-state index contributed by atoms with van der Waals surface area (Å²) in [5.74, 6) is -0.226. The Morgan fingerprint density at radius 2 is 2.20 bits per heavy atom. The van der Waals surface area contributed by atoms with Crippen LogP contribution in [0.3, 0.4) is 0 Å². The zero-order chi connectivity index (χ0) is 11.3. The average molecular weight is 210 g/mol. The molecule has 0 fully saturated rings. The van der Waals surface area contributed by atoms with Gasteiger partial charge in [0.15, 0.2) is 0 Å². The van der Waals surface area contributed by atoms with Gasteiger partial charge in [0, 0.05) is 17.8 Å². The molecule has 3 heteroatoms. The molecule has 1 atom stereocenters. The van der Waals surface area contributed by atoms with E-state index in [4.69, 9.17) is 5.73 Å². The van der Waals surface area contributed by atoms with Crippen LogP contribution in [0.25, 0.3) is 0 Å². The zero-order valence-electron chi connectivity index (χ0n) is 9.39. The van der Waals surface area contributed by atoms with Gasteiger partial charge in [0.1, 0.15) is 5.82 Å². The lowest BCUT2D eigenvalue weighted by Crippen LogP contribution is -2.42. The third-order valence-corrected chi connectivity index (χ3v) is 2.52. The smallest absolute Gasteiger partial charge is 0.125 e. The standard InChI is InChI=1S/C12H19FN2/c1-3-7-12(2,9-14)15-11-6-4-5-10(13)8-11/h4-6,8,15H,3,7,9,14H2,1-2H3. The fourth-order valence-electron chi connectivity index (χ4n) is 1.68. The predicted molar refractivity (Wildman–Crippen MR) is 62.4 cm³/mol. The van der Waals surface area contributed by atoms with Gasteiger partial charge in [-0.3, -0.25) is 0 Å². The van der Waals surface area contributed by atoms with Gasteiger partial charge in [0.2, 0.25) is 0 Å². The topological polar surface area (TPSA) is 38.0 Å². The van der Waals surface area contributed by atoms with Crippen LogP contribution in [0.1, 0.15) is 26.7 Å². The van der Waals surface area contributed by atoms with Crippen LogP contribution in [0.4, 0.5) is 10.1 Å². The molecule has 0 radical (unpaired) electrons. The van der Waals surface area contributed by atoms with Crippen molar-refractivity contribution in [3.05, 3.63) is 30.1 Å². The maximum Gasteiger partial charge on any atom is 0.125 e. The quantitative estimate of drug-likeness (QED) is 0.784. The molecule has 0 aromatic heterocycles. The Morgan fingerprint density at radius 3 is 2.73 bits per heavy atom. The number of hydrogen-bond acceptors (Lipinski definition) is 2. The monoisotopic (exact) mass is 210 g/mol. The third kappa shape index (κ3) is 3.51. The lowest BCUT2D eigenvalue weighted by Gasteiger charge is -2.30. The molecular formula is C12H19FN2. The first-order valence-electron chi connectivity index (χ1n) is 5.33. The lowest BCUT2D eigenvalue weighted by atomic mass is 9.96. The molecule has 3 N–H and O–H groups in total. The van der Waals surface area contributed by atoms with E-state index in [2.05, 4.69) is 19.2 Å². The Bertz CT molecular complexity index is 314. The molecular weight excluding hydrogens is 191 g/mol. The lowest BCUT2D eigenvalue weighted by molar-refractivity contribution is 0.476. The molecule has 0 aliphatic carbocycles. The van der Waals surface area contributed by atoms with Crippen LogP contribution in [-0.4, -0.2) is 12.1 Å². The van der Waals surface area contributed by atoms with E-state index in [0.717, 1.165) is 18.5 Å². The van der Waals surface area contributed by atoms with Gasteiger partial charge < -0.3 is 11.1 Å². The third-order valence-electron chi connectivity index (χ3n) is 2.52. The molecule has 0 saturated carbocycles. The van der Waals surface area contributed by atoms with E-state index < -0.39 is 0 Å². The van der Waals surface area contributed by atoms with Crippen molar-refractivity contribution < 1.29 is 4.39 Å². The molecule has 1 aromatic carbocycles. The van der Waals surface area contributed by atoms with Gasteiger partial charge in [0.05, 0.1) is 0 Å². The zero-order valence-corrected chi connectivity index (χ0v) is 9.39. The van der Waals surface area contributed by atoms with Gasteiger partial charge >= 0.3 is 0 Å². The number of nitrogens with two attached hydrogens (primary N) is 1. The minimum atomic E-state index is -0.226. The van der Waals surface area contributed by atoms with Crippen molar-refractivity contribution in [1.29, 1.82) is 0 Å². The molecule has 1 aromatic rings. The highest BCUT2D eigenvalue weighted by molar-refractivity contribution is 5.45. The summed E-state index contributed by atoms with van der Waals surface area (Å²) in [6.45, 7) is 4.71. The molecule has 0 aliphatic rings. The highest BCUT2D eigenvalue weighted by atomic mass is 19.1. The van der Waals surface area contributed by atoms with Crippen LogP contribution in [0, 0.1) is 5.82 Å². The van der Waals surface area contributed by atoms with Crippen LogP contribution in [0.5, 0.6) is 0 Å². The fourth-order valence-corrected chi connectivity index (χ4v) is 1.68. The summed E-state index contributed by atoms with van der Waals surface area (Å²) in [7, 11) is 0. The van der Waals surface area contributed by atoms with Crippen molar-refractivity contribution in [3.63, 3.8) is 0 Å². The molecule has 0 bridgehead atoms. The Kier molecular flexibility index (Phi) is 4.09. The summed E-state index contributed by atoms with van der Waals surface area (Å²) in [5, 5.41) is 3.28. The number of halogens is 1. The SMILES string of the molecule is CCCC(C)(CN)Nc1cccc(F)c1. The van der Waals surface area contributed by atoms with Crippen LogP contribution in [0.15, 0.2) is 24.3 Å². The van der Waals surface area contributed by atoms with E-state index in [1.54, 1.807) is 6.07 Å². The number of nitrogens with one attached hydrogen (secondary N) is 1. The van der Waals surface area contributed by atoms with E-state index in [1.807, 2.05) is 6.07 Å². The van der Waals surface area contributed by atoms with Crippen molar-refractivity contribution in [2.24, 2.45) is 5.73 Å². The maximum atomic E-state index is 13.0. The molecule has 0 saturated heterocycles. The first kappa shape index (κ1) is 12.0. The second-order valence-electron chi connectivity index (χ2n) is 4.15. The minimum Gasteiger partial charge on any atom is -0.379 e. The highest BCUT2D eigenvalue weighted by Gasteiger charge is 2.20. The molecule has 15 heavy (non-hydrogen) atoms. The molecule has 1 unspecified atom stereocenters. The van der Waals surface area contributed by atoms with Crippen molar-refractivity contribution in [1.82, 2.24) is 0 Å². The Balaban J connectivity index is 2.74. The fraction of sp³-hybridized carbons (Fsp3) is 0.500. The van der Waals surface area contributed by atoms with E-state index in [-0.39, 0.29) is 11.4 Å². The summed E-state index contributed by atoms with van der Waals surface area (Å²) >= 11 is 0. The largest absolute Gasteiger partial charge is 0.379 e. The van der Waals surface area contributed by atoms with Gasteiger partial charge in [-0.15, -0.1) is 0 Å². The summed E-state index contributed by atoms with van der Waals surface area (Å²) in [4.78, 5) is 0. The molecule has 84 valence electrons. The Hall–Kier alpha value is -1.09. The summed E-state index contributed by atoms with van der Waals surface area (Å²) in [5.41, 5.74) is 6.36. The van der Waals surface area contributed by atoms with E-state index >= 15 is 0 Å². The van der Waals surface area contributed by atoms with Gasteiger partial charge in [-0.25, -0.2) is 4.39 Å². The van der Waals surface area contributed by atoms with Crippen molar-refractivity contribution in [2.75, 3.05) is 11.9 Å². The van der Waals surface area contributed by atoms with Crippen LogP contribution in [-0.2, 0) is 0 Å². The van der Waals surface area contributed by atoms with Gasteiger partial charge in [-0.1, -0.05) is 19.4 Å². The first-order chi connectivity index (χ1) is 7.09. The number of anilines is 1. The van der Waals surface area contributed by atoms with E-state index in [0.29, 0.717) is 6.54 Å². The van der Waals surface area contributed by atoms with E-state index in [1.165, 1.54) is 12.1 Å². The van der Waals surface area contributed by atoms with Gasteiger partial charge in [0.25, 0.3) is 0 Å². The van der Waals surface area contributed by atoms with Crippen molar-refractivity contribution in [2.45, 2.75) is 32.2 Å². The Labute approximate surface area is 90.7 Å². The number of hydrogen-bond donors (Lipinski definition) is 2. The average Bonchev–Trinajstić information content (AvgIpc) is 2.18. The molecule has 0 aliphatic heterocycles. The summed E-state index contributed by atoms with van der Waals surface area (Å²) in [6, 6.07) is 6.47. The first-order valence-corrected chi connectivity index (χ1v) is 5.33. The minimum absolute atomic E-state index is 0.150. The molecule has 1 rings (SSSR count). The molecule has 0 amide bonds. The highest BCUT2D eigenvalue weighted by Crippen LogP contribution is 2.19. The summed E-state index contributed by atoms with van der Waals surface area (Å²) in [6.07, 6.45) is 2.02. The molecule has 0 spiro atoms. The van der Waals surface area contributed by atoms with E-state index in [9.17, 15) is 4.39 Å². The second-order valence-corrected chi connectivity index (χ2v) is 4.15. The van der Waals surface area contributed by atoms with Gasteiger partial charge in [-0.05, 0) is 31.5 Å². The summed E-state index contributed by atoms with van der Waals surface area (Å²) < 4.78 is 13.0. The van der Waals surface area contributed by atoms with Crippen LogP contribution < -0.4 is 11.1 Å². The second kappa shape index (κ2) is 5.12. The number of benzene rings is 1. The maximum absolute atomic E-state index is 13.0. The normalized spacial score (nSPS) is 14.7. The number of rotatable bonds is 5. The van der Waals surface area contributed by atoms with Gasteiger partial charge in [-0.2, -0.15) is 0 Å². The van der Waals surface area contributed by atoms with Crippen molar-refractivity contribution >= 4 is 5.69 Å². The predicted octanol–water partition coefficient (Wildman–Crippen LogP) is 2.76. The van der Waals surface area contributed by atoms with Crippen LogP contribution >= 0.6 is 0 Å². The molecule has 2 nitrogen and oxygen atoms in total. The Morgan fingerprint density at radius 1 is 1.47 bits per heavy atom.